The molecule has 1 aromatic heterocycles. The van der Waals surface area contributed by atoms with Gasteiger partial charge in [0.1, 0.15) is 11.6 Å². The van der Waals surface area contributed by atoms with E-state index in [4.69, 9.17) is 9.84 Å². The van der Waals surface area contributed by atoms with E-state index in [1.54, 1.807) is 36.5 Å². The average Bonchev–Trinajstić information content (AvgIpc) is 2.78. The lowest BCUT2D eigenvalue weighted by Gasteiger charge is -2.29. The van der Waals surface area contributed by atoms with Gasteiger partial charge < -0.3 is 19.7 Å². The molecule has 1 saturated heterocycles. The van der Waals surface area contributed by atoms with Crippen LogP contribution in [0.1, 0.15) is 32.1 Å². The van der Waals surface area contributed by atoms with Gasteiger partial charge in [-0.1, -0.05) is 12.1 Å². The largest absolute Gasteiger partial charge is 0.494 e. The highest BCUT2D eigenvalue weighted by Gasteiger charge is 2.19. The molecule has 0 spiro atoms. The van der Waals surface area contributed by atoms with Gasteiger partial charge in [0.2, 0.25) is 0 Å². The van der Waals surface area contributed by atoms with Gasteiger partial charge in [-0.3, -0.25) is 9.59 Å². The fourth-order valence-electron chi connectivity index (χ4n) is 4.04. The van der Waals surface area contributed by atoms with Crippen molar-refractivity contribution in [1.82, 2.24) is 4.98 Å². The van der Waals surface area contributed by atoms with Crippen LogP contribution < -0.4 is 15.1 Å². The van der Waals surface area contributed by atoms with E-state index in [0.29, 0.717) is 35.4 Å². The van der Waals surface area contributed by atoms with Gasteiger partial charge in [0.05, 0.1) is 23.2 Å². The molecule has 0 unspecified atom stereocenters. The van der Waals surface area contributed by atoms with Gasteiger partial charge in [-0.2, -0.15) is 0 Å². The molecule has 3 aromatic rings. The molecule has 2 heterocycles. The summed E-state index contributed by atoms with van der Waals surface area (Å²) in [6.45, 7) is 2.10. The highest BCUT2D eigenvalue weighted by Crippen LogP contribution is 2.29. The summed E-state index contributed by atoms with van der Waals surface area (Å²) in [5.74, 6) is -0.799. The van der Waals surface area contributed by atoms with Crippen molar-refractivity contribution in [2.24, 2.45) is 0 Å². The number of hydrogen-bond donors (Lipinski definition) is 2. The van der Waals surface area contributed by atoms with E-state index in [1.807, 2.05) is 0 Å². The monoisotopic (exact) mass is 424 g/mol. The van der Waals surface area contributed by atoms with E-state index in [1.165, 1.54) is 12.5 Å². The Bertz CT molecular complexity index is 1130. The Morgan fingerprint density at radius 2 is 1.84 bits per heavy atom. The summed E-state index contributed by atoms with van der Waals surface area (Å²) < 4.78 is 20.2. The fourth-order valence-corrected chi connectivity index (χ4v) is 4.04. The van der Waals surface area contributed by atoms with Crippen LogP contribution in [0.3, 0.4) is 0 Å². The van der Waals surface area contributed by atoms with Gasteiger partial charge in [0.25, 0.3) is 0 Å². The van der Waals surface area contributed by atoms with Gasteiger partial charge in [-0.15, -0.1) is 0 Å². The number of halogens is 1. The molecule has 0 aliphatic carbocycles. The molecule has 6 nitrogen and oxygen atoms in total. The first-order valence-corrected chi connectivity index (χ1v) is 10.6. The topological polar surface area (TPSA) is 82.6 Å². The predicted molar refractivity (Wildman–Crippen MR) is 118 cm³/mol. The first-order chi connectivity index (χ1) is 15.0. The predicted octanol–water partition coefficient (Wildman–Crippen LogP) is 4.57. The number of carboxylic acid groups (broad SMARTS) is 1. The normalized spacial score (nSPS) is 14.0. The van der Waals surface area contributed by atoms with Crippen molar-refractivity contribution >= 4 is 22.6 Å². The number of fused-ring (bicyclic) bond motifs is 1. The van der Waals surface area contributed by atoms with E-state index >= 15 is 0 Å². The number of piperidine rings is 1. The van der Waals surface area contributed by atoms with Gasteiger partial charge >= 0.3 is 5.97 Å². The minimum absolute atomic E-state index is 0.0511. The van der Waals surface area contributed by atoms with Gasteiger partial charge in [-0.25, -0.2) is 4.39 Å². The molecule has 7 heteroatoms. The molecular formula is C24H25FN2O4. The molecule has 162 valence electrons. The maximum absolute atomic E-state index is 14.7. The summed E-state index contributed by atoms with van der Waals surface area (Å²) in [7, 11) is 0. The minimum atomic E-state index is -0.856. The standard InChI is InChI=1S/C24H25FN2O4/c25-19-10-11-20(27-12-2-1-3-13-27)23-22(19)24(30)18(15-26-23)16-6-8-17(9-7-16)31-14-4-5-21(28)29/h6-11,15H,1-5,12-14H2,(H,26,30)(H,28,29). The third-order valence-electron chi connectivity index (χ3n) is 5.63. The zero-order chi connectivity index (χ0) is 21.8. The Morgan fingerprint density at radius 1 is 1.10 bits per heavy atom. The minimum Gasteiger partial charge on any atom is -0.494 e. The Balaban J connectivity index is 1.61. The number of aromatic nitrogens is 1. The van der Waals surface area contributed by atoms with E-state index in [9.17, 15) is 14.0 Å². The van der Waals surface area contributed by atoms with Crippen molar-refractivity contribution in [1.29, 1.82) is 0 Å². The summed E-state index contributed by atoms with van der Waals surface area (Å²) in [5.41, 5.74) is 2.10. The van der Waals surface area contributed by atoms with E-state index in [-0.39, 0.29) is 17.2 Å². The number of benzene rings is 2. The van der Waals surface area contributed by atoms with Crippen LogP contribution in [0.25, 0.3) is 22.0 Å². The summed E-state index contributed by atoms with van der Waals surface area (Å²) >= 11 is 0. The van der Waals surface area contributed by atoms with Crippen LogP contribution in [0.2, 0.25) is 0 Å². The molecule has 2 N–H and O–H groups in total. The third kappa shape index (κ3) is 4.55. The Morgan fingerprint density at radius 3 is 2.55 bits per heavy atom. The number of pyridine rings is 1. The quantitative estimate of drug-likeness (QED) is 0.543. The van der Waals surface area contributed by atoms with Crippen molar-refractivity contribution in [3.8, 4) is 16.9 Å². The lowest BCUT2D eigenvalue weighted by molar-refractivity contribution is -0.137. The van der Waals surface area contributed by atoms with Gasteiger partial charge in [-0.05, 0) is 55.5 Å². The van der Waals surface area contributed by atoms with Crippen LogP contribution in [-0.4, -0.2) is 35.8 Å². The molecule has 0 bridgehead atoms. The molecule has 0 amide bonds. The number of anilines is 1. The Hall–Kier alpha value is -3.35. The van der Waals surface area contributed by atoms with Crippen molar-refractivity contribution in [3.63, 3.8) is 0 Å². The maximum Gasteiger partial charge on any atom is 0.303 e. The smallest absolute Gasteiger partial charge is 0.303 e. The summed E-state index contributed by atoms with van der Waals surface area (Å²) in [6.07, 6.45) is 5.48. The number of nitrogens with one attached hydrogen (secondary N) is 1. The second kappa shape index (κ2) is 9.20. The van der Waals surface area contributed by atoms with E-state index < -0.39 is 11.8 Å². The van der Waals surface area contributed by atoms with Crippen LogP contribution in [0, 0.1) is 5.82 Å². The van der Waals surface area contributed by atoms with Crippen molar-refractivity contribution < 1.29 is 19.0 Å². The second-order valence-electron chi connectivity index (χ2n) is 7.77. The number of hydrogen-bond acceptors (Lipinski definition) is 4. The fraction of sp³-hybridized carbons (Fsp3) is 0.333. The molecular weight excluding hydrogens is 399 g/mol. The third-order valence-corrected chi connectivity index (χ3v) is 5.63. The van der Waals surface area contributed by atoms with E-state index in [0.717, 1.165) is 31.6 Å². The number of carboxylic acids is 1. The molecule has 0 saturated carbocycles. The van der Waals surface area contributed by atoms with Crippen molar-refractivity contribution in [2.45, 2.75) is 32.1 Å². The number of aliphatic carboxylic acids is 1. The Labute approximate surface area is 179 Å². The first kappa shape index (κ1) is 20.9. The lowest BCUT2D eigenvalue weighted by Crippen LogP contribution is -2.30. The number of ether oxygens (including phenoxy) is 1. The van der Waals surface area contributed by atoms with Crippen LogP contribution in [0.5, 0.6) is 5.75 Å². The molecule has 1 fully saturated rings. The van der Waals surface area contributed by atoms with Crippen molar-refractivity contribution in [2.75, 3.05) is 24.6 Å². The number of H-pyrrole nitrogens is 1. The molecule has 0 radical (unpaired) electrons. The van der Waals surface area contributed by atoms with Crippen LogP contribution >= 0.6 is 0 Å². The molecule has 2 aromatic carbocycles. The number of rotatable bonds is 7. The Kier molecular flexibility index (Phi) is 6.21. The van der Waals surface area contributed by atoms with Crippen molar-refractivity contribution in [3.05, 3.63) is 58.6 Å². The number of nitrogens with zero attached hydrogens (tertiary/aromatic N) is 1. The summed E-state index contributed by atoms with van der Waals surface area (Å²) in [4.78, 5) is 29.1. The summed E-state index contributed by atoms with van der Waals surface area (Å²) in [6, 6.07) is 10.1. The van der Waals surface area contributed by atoms with Crippen LogP contribution in [0.15, 0.2) is 47.4 Å². The van der Waals surface area contributed by atoms with Crippen LogP contribution in [0.4, 0.5) is 10.1 Å². The first-order valence-electron chi connectivity index (χ1n) is 10.6. The lowest BCUT2D eigenvalue weighted by atomic mass is 10.0. The highest BCUT2D eigenvalue weighted by molar-refractivity contribution is 5.93. The second-order valence-corrected chi connectivity index (χ2v) is 7.77. The summed E-state index contributed by atoms with van der Waals surface area (Å²) in [5, 5.41) is 8.75. The van der Waals surface area contributed by atoms with E-state index in [2.05, 4.69) is 9.88 Å². The molecule has 1 aliphatic heterocycles. The number of carbonyl (C=O) groups is 1. The zero-order valence-electron chi connectivity index (χ0n) is 17.2. The maximum atomic E-state index is 14.7. The molecule has 31 heavy (non-hydrogen) atoms. The highest BCUT2D eigenvalue weighted by atomic mass is 19.1. The molecule has 1 aliphatic rings. The van der Waals surface area contributed by atoms with Crippen LogP contribution in [-0.2, 0) is 4.79 Å². The average molecular weight is 424 g/mol. The molecule has 0 atom stereocenters. The van der Waals surface area contributed by atoms with Gasteiger partial charge in [0.15, 0.2) is 5.43 Å². The van der Waals surface area contributed by atoms with Gasteiger partial charge in [0, 0.05) is 31.3 Å². The SMILES string of the molecule is O=C(O)CCCOc1ccc(-c2c[nH]c3c(N4CCCCC4)ccc(F)c3c2=O)cc1. The molecule has 4 rings (SSSR count). The number of aromatic amines is 1. The zero-order valence-corrected chi connectivity index (χ0v) is 17.2.